The predicted molar refractivity (Wildman–Crippen MR) is 89.1 cm³/mol. The van der Waals surface area contributed by atoms with Crippen molar-refractivity contribution in [2.75, 3.05) is 20.3 Å². The molecule has 0 saturated carbocycles. The predicted octanol–water partition coefficient (Wildman–Crippen LogP) is 1.88. The van der Waals surface area contributed by atoms with Crippen LogP contribution in [0.3, 0.4) is 0 Å². The summed E-state index contributed by atoms with van der Waals surface area (Å²) in [5, 5.41) is 7.11. The molecule has 1 unspecified atom stereocenters. The first-order valence-electron chi connectivity index (χ1n) is 7.99. The Morgan fingerprint density at radius 1 is 1.38 bits per heavy atom. The quantitative estimate of drug-likeness (QED) is 0.909. The molecular formula is C17H22N4O3. The van der Waals surface area contributed by atoms with Crippen LogP contribution in [0.15, 0.2) is 36.7 Å². The van der Waals surface area contributed by atoms with E-state index in [4.69, 9.17) is 9.47 Å². The second-order valence-corrected chi connectivity index (χ2v) is 5.91. The maximum absolute atomic E-state index is 12.3. The molecule has 7 heteroatoms. The highest BCUT2D eigenvalue weighted by atomic mass is 16.6. The van der Waals surface area contributed by atoms with Gasteiger partial charge in [0.2, 0.25) is 0 Å². The summed E-state index contributed by atoms with van der Waals surface area (Å²) < 4.78 is 12.9. The Morgan fingerprint density at radius 3 is 2.92 bits per heavy atom. The lowest BCUT2D eigenvalue weighted by Gasteiger charge is -2.23. The van der Waals surface area contributed by atoms with Crippen LogP contribution in [0.5, 0.6) is 11.5 Å². The topological polar surface area (TPSA) is 68.6 Å². The van der Waals surface area contributed by atoms with Crippen molar-refractivity contribution >= 4 is 6.03 Å². The van der Waals surface area contributed by atoms with Gasteiger partial charge in [-0.2, -0.15) is 5.10 Å². The number of hydrogen-bond donors (Lipinski definition) is 1. The molecule has 0 saturated heterocycles. The van der Waals surface area contributed by atoms with Gasteiger partial charge >= 0.3 is 6.03 Å². The number of carbonyl (C=O) groups is 1. The van der Waals surface area contributed by atoms with E-state index in [-0.39, 0.29) is 12.1 Å². The summed E-state index contributed by atoms with van der Waals surface area (Å²) >= 11 is 0. The first-order chi connectivity index (χ1) is 11.6. The van der Waals surface area contributed by atoms with Gasteiger partial charge in [0.15, 0.2) is 11.5 Å². The van der Waals surface area contributed by atoms with Gasteiger partial charge < -0.3 is 19.7 Å². The average molecular weight is 330 g/mol. The highest BCUT2D eigenvalue weighted by Gasteiger charge is 2.15. The lowest BCUT2D eigenvalue weighted by atomic mass is 10.2. The first kappa shape index (κ1) is 16.2. The van der Waals surface area contributed by atoms with E-state index in [1.807, 2.05) is 37.4 Å². The Balaban J connectivity index is 1.54. The lowest BCUT2D eigenvalue weighted by molar-refractivity contribution is 0.171. The Kier molecular flexibility index (Phi) is 4.88. The summed E-state index contributed by atoms with van der Waals surface area (Å²) in [7, 11) is 1.77. The zero-order chi connectivity index (χ0) is 16.9. The van der Waals surface area contributed by atoms with Crippen LogP contribution in [-0.2, 0) is 13.1 Å². The van der Waals surface area contributed by atoms with Gasteiger partial charge in [-0.25, -0.2) is 4.79 Å². The van der Waals surface area contributed by atoms with Gasteiger partial charge in [0.25, 0.3) is 0 Å². The molecule has 3 rings (SSSR count). The van der Waals surface area contributed by atoms with Crippen molar-refractivity contribution in [2.24, 2.45) is 0 Å². The third-order valence-electron chi connectivity index (χ3n) is 3.76. The summed E-state index contributed by atoms with van der Waals surface area (Å²) in [5.74, 6) is 1.49. The Labute approximate surface area is 141 Å². The van der Waals surface area contributed by atoms with Gasteiger partial charge in [0, 0.05) is 32.0 Å². The minimum atomic E-state index is -0.121. The van der Waals surface area contributed by atoms with E-state index in [1.54, 1.807) is 22.8 Å². The SMILES string of the molecule is CC(Cn1cccn1)NC(=O)N(C)Cc1ccc2c(c1)OCCO2. The average Bonchev–Trinajstić information content (AvgIpc) is 3.07. The largest absolute Gasteiger partial charge is 0.486 e. The number of nitrogens with one attached hydrogen (secondary N) is 1. The number of urea groups is 1. The zero-order valence-corrected chi connectivity index (χ0v) is 13.9. The van der Waals surface area contributed by atoms with Crippen LogP contribution in [0, 0.1) is 0 Å². The number of fused-ring (bicyclic) bond motifs is 1. The molecule has 1 N–H and O–H groups in total. The van der Waals surface area contributed by atoms with Crippen molar-refractivity contribution < 1.29 is 14.3 Å². The fraction of sp³-hybridized carbons (Fsp3) is 0.412. The molecule has 1 aliphatic heterocycles. The molecule has 2 aromatic rings. The molecule has 0 aliphatic carbocycles. The van der Waals surface area contributed by atoms with Gasteiger partial charge in [-0.05, 0) is 30.7 Å². The van der Waals surface area contributed by atoms with Crippen molar-refractivity contribution in [3.05, 3.63) is 42.2 Å². The number of carbonyl (C=O) groups excluding carboxylic acids is 1. The van der Waals surface area contributed by atoms with E-state index in [1.165, 1.54) is 0 Å². The van der Waals surface area contributed by atoms with Crippen LogP contribution in [0.1, 0.15) is 12.5 Å². The van der Waals surface area contributed by atoms with Crippen LogP contribution in [0.25, 0.3) is 0 Å². The number of rotatable bonds is 5. The lowest BCUT2D eigenvalue weighted by Crippen LogP contribution is -2.43. The van der Waals surface area contributed by atoms with Crippen molar-refractivity contribution in [3.63, 3.8) is 0 Å². The smallest absolute Gasteiger partial charge is 0.317 e. The summed E-state index contributed by atoms with van der Waals surface area (Å²) in [6, 6.07) is 7.48. The Bertz CT molecular complexity index is 687. The van der Waals surface area contributed by atoms with Crippen molar-refractivity contribution in [3.8, 4) is 11.5 Å². The van der Waals surface area contributed by atoms with E-state index < -0.39 is 0 Å². The molecule has 0 radical (unpaired) electrons. The van der Waals surface area contributed by atoms with E-state index in [9.17, 15) is 4.79 Å². The van der Waals surface area contributed by atoms with Crippen LogP contribution < -0.4 is 14.8 Å². The third-order valence-corrected chi connectivity index (χ3v) is 3.76. The van der Waals surface area contributed by atoms with Gasteiger partial charge in [-0.15, -0.1) is 0 Å². The second kappa shape index (κ2) is 7.25. The monoisotopic (exact) mass is 330 g/mol. The molecule has 2 amide bonds. The van der Waals surface area contributed by atoms with E-state index in [0.717, 1.165) is 17.1 Å². The summed E-state index contributed by atoms with van der Waals surface area (Å²) in [6.07, 6.45) is 3.60. The molecule has 1 atom stereocenters. The van der Waals surface area contributed by atoms with Crippen LogP contribution in [0.4, 0.5) is 4.79 Å². The van der Waals surface area contributed by atoms with Crippen LogP contribution >= 0.6 is 0 Å². The molecule has 24 heavy (non-hydrogen) atoms. The van der Waals surface area contributed by atoms with Crippen molar-refractivity contribution in [2.45, 2.75) is 26.1 Å². The Hall–Kier alpha value is -2.70. The molecule has 1 aromatic carbocycles. The van der Waals surface area contributed by atoms with Crippen LogP contribution in [0.2, 0.25) is 0 Å². The maximum Gasteiger partial charge on any atom is 0.317 e. The number of amides is 2. The second-order valence-electron chi connectivity index (χ2n) is 5.91. The molecule has 1 aliphatic rings. The number of ether oxygens (including phenoxy) is 2. The highest BCUT2D eigenvalue weighted by molar-refractivity contribution is 5.74. The van der Waals surface area contributed by atoms with Gasteiger partial charge in [-0.3, -0.25) is 4.68 Å². The molecule has 0 bridgehead atoms. The van der Waals surface area contributed by atoms with E-state index in [0.29, 0.717) is 26.3 Å². The standard InChI is InChI=1S/C17H22N4O3/c1-13(11-21-7-3-6-18-21)19-17(22)20(2)12-14-4-5-15-16(10-14)24-9-8-23-15/h3-7,10,13H,8-9,11-12H2,1-2H3,(H,19,22). The maximum atomic E-state index is 12.3. The van der Waals surface area contributed by atoms with Gasteiger partial charge in [0.05, 0.1) is 6.54 Å². The van der Waals surface area contributed by atoms with Crippen LogP contribution in [-0.4, -0.2) is 47.0 Å². The minimum Gasteiger partial charge on any atom is -0.486 e. The van der Waals surface area contributed by atoms with E-state index >= 15 is 0 Å². The van der Waals surface area contributed by atoms with Gasteiger partial charge in [0.1, 0.15) is 13.2 Å². The molecule has 1 aromatic heterocycles. The highest BCUT2D eigenvalue weighted by Crippen LogP contribution is 2.30. The fourth-order valence-corrected chi connectivity index (χ4v) is 2.59. The molecule has 0 fully saturated rings. The number of hydrogen-bond acceptors (Lipinski definition) is 4. The zero-order valence-electron chi connectivity index (χ0n) is 13.9. The van der Waals surface area contributed by atoms with Crippen molar-refractivity contribution in [1.82, 2.24) is 20.0 Å². The van der Waals surface area contributed by atoms with Gasteiger partial charge in [-0.1, -0.05) is 6.07 Å². The molecule has 0 spiro atoms. The molecule has 2 heterocycles. The first-order valence-corrected chi connectivity index (χ1v) is 7.99. The number of benzene rings is 1. The number of nitrogens with zero attached hydrogens (tertiary/aromatic N) is 3. The normalized spacial score (nSPS) is 14.1. The van der Waals surface area contributed by atoms with Crippen molar-refractivity contribution in [1.29, 1.82) is 0 Å². The van der Waals surface area contributed by atoms with E-state index in [2.05, 4.69) is 10.4 Å². The summed E-state index contributed by atoms with van der Waals surface area (Å²) in [4.78, 5) is 13.9. The third kappa shape index (κ3) is 3.98. The number of aromatic nitrogens is 2. The fourth-order valence-electron chi connectivity index (χ4n) is 2.59. The minimum absolute atomic E-state index is 0.0138. The molecule has 128 valence electrons. The summed E-state index contributed by atoms with van der Waals surface area (Å²) in [5.41, 5.74) is 0.997. The molecular weight excluding hydrogens is 308 g/mol. The molecule has 7 nitrogen and oxygen atoms in total. The summed E-state index contributed by atoms with van der Waals surface area (Å²) in [6.45, 7) is 4.21. The Morgan fingerprint density at radius 2 is 2.17 bits per heavy atom.